The summed E-state index contributed by atoms with van der Waals surface area (Å²) >= 11 is 6.44. The molecule has 3 aromatic rings. The molecule has 0 radical (unpaired) electrons. The van der Waals surface area contributed by atoms with E-state index in [-0.39, 0.29) is 34.0 Å². The van der Waals surface area contributed by atoms with Crippen LogP contribution < -0.4 is 14.4 Å². The molecule has 1 N–H and O–H groups in total. The SMILES string of the molecule is COc1ccc(CN(C(=O)CN(c2ccccc2Cl)S(=O)(=O)c2ccc(C)cc2)[C@H](C)C(=O)NCC(C)C)cc1. The van der Waals surface area contributed by atoms with E-state index in [1.807, 2.05) is 20.8 Å². The van der Waals surface area contributed by atoms with Crippen LogP contribution in [0.4, 0.5) is 5.69 Å². The summed E-state index contributed by atoms with van der Waals surface area (Å²) in [5.41, 5.74) is 1.81. The number of nitrogens with one attached hydrogen (secondary N) is 1. The largest absolute Gasteiger partial charge is 0.497 e. The van der Waals surface area contributed by atoms with Gasteiger partial charge in [0.2, 0.25) is 11.8 Å². The first kappa shape index (κ1) is 31.0. The first-order valence-electron chi connectivity index (χ1n) is 13.0. The molecule has 0 bridgehead atoms. The third kappa shape index (κ3) is 7.76. The fourth-order valence-electron chi connectivity index (χ4n) is 3.97. The number of hydrogen-bond acceptors (Lipinski definition) is 5. The first-order valence-corrected chi connectivity index (χ1v) is 14.8. The van der Waals surface area contributed by atoms with Crippen LogP contribution in [0.3, 0.4) is 0 Å². The second kappa shape index (κ2) is 13.7. The van der Waals surface area contributed by atoms with E-state index in [1.165, 1.54) is 17.0 Å². The van der Waals surface area contributed by atoms with Crippen molar-refractivity contribution in [1.29, 1.82) is 0 Å². The van der Waals surface area contributed by atoms with Gasteiger partial charge >= 0.3 is 0 Å². The number of nitrogens with zero attached hydrogens (tertiary/aromatic N) is 2. The maximum atomic E-state index is 14.0. The number of anilines is 1. The van der Waals surface area contributed by atoms with Crippen LogP contribution in [0.15, 0.2) is 77.7 Å². The van der Waals surface area contributed by atoms with Crippen molar-refractivity contribution in [3.05, 3.63) is 88.9 Å². The normalized spacial score (nSPS) is 12.1. The molecule has 1 atom stereocenters. The number of hydrogen-bond donors (Lipinski definition) is 1. The average Bonchev–Trinajstić information content (AvgIpc) is 2.93. The minimum Gasteiger partial charge on any atom is -0.497 e. The Morgan fingerprint density at radius 2 is 1.57 bits per heavy atom. The zero-order valence-corrected chi connectivity index (χ0v) is 25.0. The predicted octanol–water partition coefficient (Wildman–Crippen LogP) is 5.04. The monoisotopic (exact) mass is 585 g/mol. The molecule has 2 amide bonds. The molecule has 40 heavy (non-hydrogen) atoms. The molecule has 214 valence electrons. The van der Waals surface area contributed by atoms with Gasteiger partial charge in [-0.1, -0.05) is 67.4 Å². The van der Waals surface area contributed by atoms with E-state index in [9.17, 15) is 18.0 Å². The van der Waals surface area contributed by atoms with Crippen LogP contribution in [0.1, 0.15) is 31.9 Å². The third-order valence-corrected chi connectivity index (χ3v) is 8.47. The number of methoxy groups -OCH3 is 1. The van der Waals surface area contributed by atoms with Crippen LogP contribution in [0.5, 0.6) is 5.75 Å². The molecule has 0 heterocycles. The van der Waals surface area contributed by atoms with Crippen molar-refractivity contribution in [3.8, 4) is 5.75 Å². The van der Waals surface area contributed by atoms with Crippen molar-refractivity contribution in [2.75, 3.05) is 24.5 Å². The van der Waals surface area contributed by atoms with Crippen LogP contribution in [-0.2, 0) is 26.2 Å². The first-order chi connectivity index (χ1) is 18.9. The molecular weight excluding hydrogens is 550 g/mol. The van der Waals surface area contributed by atoms with Crippen molar-refractivity contribution < 1.29 is 22.7 Å². The number of para-hydroxylation sites is 1. The molecule has 3 aromatic carbocycles. The average molecular weight is 586 g/mol. The number of rotatable bonds is 12. The van der Waals surface area contributed by atoms with Crippen LogP contribution in [0.25, 0.3) is 0 Å². The zero-order valence-electron chi connectivity index (χ0n) is 23.4. The van der Waals surface area contributed by atoms with E-state index < -0.39 is 28.5 Å². The Morgan fingerprint density at radius 1 is 0.950 bits per heavy atom. The van der Waals surface area contributed by atoms with Crippen LogP contribution >= 0.6 is 11.6 Å². The number of ether oxygens (including phenoxy) is 1. The Bertz CT molecular complexity index is 1410. The fraction of sp³-hybridized carbons (Fsp3) is 0.333. The van der Waals surface area contributed by atoms with Gasteiger partial charge in [-0.2, -0.15) is 0 Å². The van der Waals surface area contributed by atoms with E-state index in [1.54, 1.807) is 74.7 Å². The van der Waals surface area contributed by atoms with Gasteiger partial charge in [-0.25, -0.2) is 8.42 Å². The second-order valence-electron chi connectivity index (χ2n) is 9.96. The van der Waals surface area contributed by atoms with Gasteiger partial charge in [0.1, 0.15) is 18.3 Å². The van der Waals surface area contributed by atoms with E-state index in [0.717, 1.165) is 15.4 Å². The topological polar surface area (TPSA) is 96.0 Å². The number of sulfonamides is 1. The summed E-state index contributed by atoms with van der Waals surface area (Å²) in [6.07, 6.45) is 0. The Kier molecular flexibility index (Phi) is 10.6. The van der Waals surface area contributed by atoms with Gasteiger partial charge in [0.15, 0.2) is 0 Å². The lowest BCUT2D eigenvalue weighted by atomic mass is 10.1. The number of carbonyl (C=O) groups excluding carboxylic acids is 2. The fourth-order valence-corrected chi connectivity index (χ4v) is 5.69. The van der Waals surface area contributed by atoms with E-state index in [0.29, 0.717) is 12.3 Å². The highest BCUT2D eigenvalue weighted by atomic mass is 35.5. The van der Waals surface area contributed by atoms with E-state index in [2.05, 4.69) is 5.32 Å². The van der Waals surface area contributed by atoms with Crippen molar-refractivity contribution in [1.82, 2.24) is 10.2 Å². The van der Waals surface area contributed by atoms with Crippen molar-refractivity contribution in [2.45, 2.75) is 45.2 Å². The van der Waals surface area contributed by atoms with Gasteiger partial charge < -0.3 is 15.0 Å². The summed E-state index contributed by atoms with van der Waals surface area (Å²) in [6.45, 7) is 7.41. The standard InChI is InChI=1S/C30H36ClN3O5S/c1-21(2)18-32-30(36)23(4)33(19-24-12-14-25(39-5)15-13-24)29(35)20-34(28-9-7-6-8-27(28)31)40(37,38)26-16-10-22(3)11-17-26/h6-17,21,23H,18-20H2,1-5H3,(H,32,36)/t23-/m1/s1. The molecule has 0 aliphatic heterocycles. The Labute approximate surface area is 241 Å². The molecule has 0 aromatic heterocycles. The number of halogens is 1. The Morgan fingerprint density at radius 3 is 2.15 bits per heavy atom. The van der Waals surface area contributed by atoms with E-state index in [4.69, 9.17) is 16.3 Å². The molecule has 0 saturated carbocycles. The molecule has 3 rings (SSSR count). The Balaban J connectivity index is 2.01. The lowest BCUT2D eigenvalue weighted by molar-refractivity contribution is -0.139. The molecule has 10 heteroatoms. The third-order valence-electron chi connectivity index (χ3n) is 6.37. The molecule has 0 spiro atoms. The van der Waals surface area contributed by atoms with Gasteiger partial charge in [-0.3, -0.25) is 13.9 Å². The highest BCUT2D eigenvalue weighted by molar-refractivity contribution is 7.92. The van der Waals surface area contributed by atoms with Gasteiger partial charge in [0.25, 0.3) is 10.0 Å². The van der Waals surface area contributed by atoms with Gasteiger partial charge in [0.05, 0.1) is 22.7 Å². The molecule has 0 aliphatic carbocycles. The highest BCUT2D eigenvalue weighted by Gasteiger charge is 2.33. The summed E-state index contributed by atoms with van der Waals surface area (Å²) in [6, 6.07) is 19.1. The smallest absolute Gasteiger partial charge is 0.264 e. The number of amides is 2. The van der Waals surface area contributed by atoms with Gasteiger partial charge in [-0.15, -0.1) is 0 Å². The molecular formula is C30H36ClN3O5S. The van der Waals surface area contributed by atoms with Crippen LogP contribution in [0, 0.1) is 12.8 Å². The molecule has 0 fully saturated rings. The second-order valence-corrected chi connectivity index (χ2v) is 12.2. The molecule has 0 saturated heterocycles. The van der Waals surface area contributed by atoms with Crippen LogP contribution in [-0.4, -0.2) is 51.4 Å². The summed E-state index contributed by atoms with van der Waals surface area (Å²) < 4.78 is 34.0. The molecule has 0 aliphatic rings. The Hall–Kier alpha value is -3.56. The lowest BCUT2D eigenvalue weighted by Crippen LogP contribution is -2.51. The summed E-state index contributed by atoms with van der Waals surface area (Å²) in [5.74, 6) is -0.0180. The van der Waals surface area contributed by atoms with Crippen LogP contribution in [0.2, 0.25) is 5.02 Å². The van der Waals surface area contributed by atoms with E-state index >= 15 is 0 Å². The van der Waals surface area contributed by atoms with Crippen molar-refractivity contribution in [2.24, 2.45) is 5.92 Å². The quantitative estimate of drug-likeness (QED) is 0.321. The zero-order chi connectivity index (χ0) is 29.4. The minimum absolute atomic E-state index is 0.0234. The molecule has 0 unspecified atom stereocenters. The van der Waals surface area contributed by atoms with Gasteiger partial charge in [0, 0.05) is 13.1 Å². The highest BCUT2D eigenvalue weighted by Crippen LogP contribution is 2.31. The van der Waals surface area contributed by atoms with Crippen molar-refractivity contribution in [3.63, 3.8) is 0 Å². The summed E-state index contributed by atoms with van der Waals surface area (Å²) in [4.78, 5) is 28.4. The minimum atomic E-state index is -4.19. The number of benzene rings is 3. The number of aryl methyl sites for hydroxylation is 1. The number of carbonyl (C=O) groups is 2. The summed E-state index contributed by atoms with van der Waals surface area (Å²) in [7, 11) is -2.63. The maximum Gasteiger partial charge on any atom is 0.264 e. The molecule has 8 nitrogen and oxygen atoms in total. The van der Waals surface area contributed by atoms with Crippen molar-refractivity contribution >= 4 is 39.1 Å². The summed E-state index contributed by atoms with van der Waals surface area (Å²) in [5, 5.41) is 3.05. The maximum absolute atomic E-state index is 14.0. The predicted molar refractivity (Wildman–Crippen MR) is 158 cm³/mol. The lowest BCUT2D eigenvalue weighted by Gasteiger charge is -2.32. The van der Waals surface area contributed by atoms with Gasteiger partial charge in [-0.05, 0) is 61.7 Å².